The first kappa shape index (κ1) is 19.4. The molecule has 1 aromatic carbocycles. The Morgan fingerprint density at radius 1 is 1.32 bits per heavy atom. The Hall–Kier alpha value is -1.88. The van der Waals surface area contributed by atoms with Gasteiger partial charge in [0.2, 0.25) is 11.8 Å². The summed E-state index contributed by atoms with van der Waals surface area (Å²) in [6.07, 6.45) is 2.38. The maximum absolute atomic E-state index is 12.4. The molecular formula is C20H30N2O3. The average molecular weight is 346 g/mol. The number of amides is 2. The lowest BCUT2D eigenvalue weighted by atomic mass is 9.95. The smallest absolute Gasteiger partial charge is 0.225 e. The number of nitrogens with one attached hydrogen (secondary N) is 1. The Labute approximate surface area is 150 Å². The minimum absolute atomic E-state index is 0.00880. The van der Waals surface area contributed by atoms with Crippen LogP contribution in [0.3, 0.4) is 0 Å². The SMILES string of the molecule is CCC(C)C(=O)N1CCCC(C(=O)NCC(O)Cc2ccccc2)C1. The number of aliphatic hydroxyl groups excluding tert-OH is 1. The predicted octanol–water partition coefficient (Wildman–Crippen LogP) is 1.99. The van der Waals surface area contributed by atoms with Gasteiger partial charge >= 0.3 is 0 Å². The average Bonchev–Trinajstić information content (AvgIpc) is 2.65. The molecule has 0 spiro atoms. The van der Waals surface area contributed by atoms with Crippen LogP contribution in [-0.2, 0) is 16.0 Å². The molecule has 1 aliphatic heterocycles. The Morgan fingerprint density at radius 2 is 2.04 bits per heavy atom. The van der Waals surface area contributed by atoms with Gasteiger partial charge in [-0.15, -0.1) is 0 Å². The fourth-order valence-corrected chi connectivity index (χ4v) is 3.20. The highest BCUT2D eigenvalue weighted by atomic mass is 16.3. The summed E-state index contributed by atoms with van der Waals surface area (Å²) in [7, 11) is 0. The van der Waals surface area contributed by atoms with Crippen molar-refractivity contribution in [2.24, 2.45) is 11.8 Å². The molecule has 1 fully saturated rings. The van der Waals surface area contributed by atoms with E-state index in [0.717, 1.165) is 31.4 Å². The van der Waals surface area contributed by atoms with Crippen molar-refractivity contribution in [1.82, 2.24) is 10.2 Å². The molecule has 2 rings (SSSR count). The number of hydrogen-bond acceptors (Lipinski definition) is 3. The Morgan fingerprint density at radius 3 is 2.72 bits per heavy atom. The Kier molecular flexibility index (Phi) is 7.44. The molecule has 25 heavy (non-hydrogen) atoms. The minimum Gasteiger partial charge on any atom is -0.391 e. The van der Waals surface area contributed by atoms with Gasteiger partial charge in [-0.3, -0.25) is 9.59 Å². The molecule has 0 aromatic heterocycles. The van der Waals surface area contributed by atoms with Gasteiger partial charge in [0.25, 0.3) is 0 Å². The first-order valence-electron chi connectivity index (χ1n) is 9.29. The third kappa shape index (κ3) is 5.85. The molecule has 2 amide bonds. The van der Waals surface area contributed by atoms with Crippen LogP contribution in [-0.4, -0.2) is 47.6 Å². The molecule has 1 saturated heterocycles. The zero-order valence-electron chi connectivity index (χ0n) is 15.3. The molecule has 1 aromatic rings. The molecule has 0 aliphatic carbocycles. The first-order valence-corrected chi connectivity index (χ1v) is 9.29. The lowest BCUT2D eigenvalue weighted by Gasteiger charge is -2.33. The van der Waals surface area contributed by atoms with Crippen LogP contribution in [0.2, 0.25) is 0 Å². The molecule has 0 bridgehead atoms. The van der Waals surface area contributed by atoms with Gasteiger partial charge in [0.1, 0.15) is 0 Å². The topological polar surface area (TPSA) is 69.6 Å². The standard InChI is InChI=1S/C20H30N2O3/c1-3-15(2)20(25)22-11-7-10-17(14-22)19(24)21-13-18(23)12-16-8-5-4-6-9-16/h4-6,8-9,15,17-18,23H,3,7,10-14H2,1-2H3,(H,21,24). The van der Waals surface area contributed by atoms with Gasteiger partial charge in [-0.25, -0.2) is 0 Å². The molecule has 1 heterocycles. The van der Waals surface area contributed by atoms with E-state index in [0.29, 0.717) is 13.0 Å². The van der Waals surface area contributed by atoms with Crippen molar-refractivity contribution in [1.29, 1.82) is 0 Å². The van der Waals surface area contributed by atoms with Crippen molar-refractivity contribution in [2.45, 2.75) is 45.6 Å². The predicted molar refractivity (Wildman–Crippen MR) is 97.9 cm³/mol. The normalized spacial score (nSPS) is 20.0. The second kappa shape index (κ2) is 9.56. The fraction of sp³-hybridized carbons (Fsp3) is 0.600. The van der Waals surface area contributed by atoms with Crippen molar-refractivity contribution < 1.29 is 14.7 Å². The zero-order chi connectivity index (χ0) is 18.2. The third-order valence-corrected chi connectivity index (χ3v) is 4.96. The molecule has 138 valence electrons. The van der Waals surface area contributed by atoms with Crippen LogP contribution >= 0.6 is 0 Å². The van der Waals surface area contributed by atoms with E-state index in [2.05, 4.69) is 5.32 Å². The Bertz CT molecular complexity index is 561. The van der Waals surface area contributed by atoms with E-state index in [1.165, 1.54) is 0 Å². The summed E-state index contributed by atoms with van der Waals surface area (Å²) in [5, 5.41) is 13.0. The lowest BCUT2D eigenvalue weighted by molar-refractivity contribution is -0.139. The van der Waals surface area contributed by atoms with Crippen LogP contribution in [0.4, 0.5) is 0 Å². The number of hydrogen-bond donors (Lipinski definition) is 2. The highest BCUT2D eigenvalue weighted by Crippen LogP contribution is 2.19. The summed E-state index contributed by atoms with van der Waals surface area (Å²) in [4.78, 5) is 26.5. The van der Waals surface area contributed by atoms with Crippen LogP contribution in [0.15, 0.2) is 30.3 Å². The maximum Gasteiger partial charge on any atom is 0.225 e. The summed E-state index contributed by atoms with van der Waals surface area (Å²) >= 11 is 0. The summed E-state index contributed by atoms with van der Waals surface area (Å²) in [6, 6.07) is 9.74. The molecule has 5 nitrogen and oxygen atoms in total. The monoisotopic (exact) mass is 346 g/mol. The van der Waals surface area contributed by atoms with E-state index >= 15 is 0 Å². The van der Waals surface area contributed by atoms with Crippen LogP contribution in [0.1, 0.15) is 38.7 Å². The van der Waals surface area contributed by atoms with E-state index in [9.17, 15) is 14.7 Å². The minimum atomic E-state index is -0.604. The quantitative estimate of drug-likeness (QED) is 0.793. The second-order valence-electron chi connectivity index (χ2n) is 7.02. The number of likely N-dealkylation sites (tertiary alicyclic amines) is 1. The number of piperidine rings is 1. The van der Waals surface area contributed by atoms with Crippen molar-refractivity contribution in [3.63, 3.8) is 0 Å². The lowest BCUT2D eigenvalue weighted by Crippen LogP contribution is -2.47. The maximum atomic E-state index is 12.4. The van der Waals surface area contributed by atoms with E-state index in [4.69, 9.17) is 0 Å². The number of rotatable bonds is 7. The second-order valence-corrected chi connectivity index (χ2v) is 7.02. The fourth-order valence-electron chi connectivity index (χ4n) is 3.20. The van der Waals surface area contributed by atoms with Crippen LogP contribution in [0.25, 0.3) is 0 Å². The van der Waals surface area contributed by atoms with Crippen molar-refractivity contribution in [3.05, 3.63) is 35.9 Å². The number of carbonyl (C=O) groups excluding carboxylic acids is 2. The molecule has 2 N–H and O–H groups in total. The van der Waals surface area contributed by atoms with Gasteiger partial charge < -0.3 is 15.3 Å². The van der Waals surface area contributed by atoms with Crippen molar-refractivity contribution in [3.8, 4) is 0 Å². The van der Waals surface area contributed by atoms with E-state index in [1.54, 1.807) is 0 Å². The number of carbonyl (C=O) groups is 2. The first-order chi connectivity index (χ1) is 12.0. The molecule has 1 aliphatic rings. The van der Waals surface area contributed by atoms with E-state index in [-0.39, 0.29) is 30.2 Å². The molecule has 3 atom stereocenters. The molecule has 3 unspecified atom stereocenters. The number of nitrogens with zero attached hydrogens (tertiary/aromatic N) is 1. The molecule has 5 heteroatoms. The van der Waals surface area contributed by atoms with Crippen LogP contribution in [0, 0.1) is 11.8 Å². The van der Waals surface area contributed by atoms with E-state index in [1.807, 2.05) is 49.1 Å². The van der Waals surface area contributed by atoms with Gasteiger partial charge in [-0.1, -0.05) is 44.2 Å². The van der Waals surface area contributed by atoms with Gasteiger partial charge in [-0.05, 0) is 24.8 Å². The summed E-state index contributed by atoms with van der Waals surface area (Å²) < 4.78 is 0. The van der Waals surface area contributed by atoms with Gasteiger partial charge in [0.15, 0.2) is 0 Å². The van der Waals surface area contributed by atoms with Crippen molar-refractivity contribution in [2.75, 3.05) is 19.6 Å². The van der Waals surface area contributed by atoms with Crippen LogP contribution < -0.4 is 5.32 Å². The third-order valence-electron chi connectivity index (χ3n) is 4.96. The zero-order valence-corrected chi connectivity index (χ0v) is 15.3. The van der Waals surface area contributed by atoms with Crippen molar-refractivity contribution >= 4 is 11.8 Å². The number of aliphatic hydroxyl groups is 1. The molecular weight excluding hydrogens is 316 g/mol. The Balaban J connectivity index is 1.79. The van der Waals surface area contributed by atoms with Gasteiger partial charge in [-0.2, -0.15) is 0 Å². The highest BCUT2D eigenvalue weighted by Gasteiger charge is 2.29. The molecule has 0 saturated carbocycles. The largest absolute Gasteiger partial charge is 0.391 e. The number of benzene rings is 1. The van der Waals surface area contributed by atoms with Gasteiger partial charge in [0.05, 0.1) is 12.0 Å². The summed E-state index contributed by atoms with van der Waals surface area (Å²) in [5.74, 6) is -0.0851. The summed E-state index contributed by atoms with van der Waals surface area (Å²) in [6.45, 7) is 5.41. The van der Waals surface area contributed by atoms with E-state index < -0.39 is 6.10 Å². The summed E-state index contributed by atoms with van der Waals surface area (Å²) in [5.41, 5.74) is 1.05. The highest BCUT2D eigenvalue weighted by molar-refractivity contribution is 5.82. The van der Waals surface area contributed by atoms with Gasteiger partial charge in [0, 0.05) is 32.0 Å². The van der Waals surface area contributed by atoms with Crippen LogP contribution in [0.5, 0.6) is 0 Å². The molecule has 0 radical (unpaired) electrons.